The van der Waals surface area contributed by atoms with Crippen LogP contribution in [0.1, 0.15) is 25.7 Å². The van der Waals surface area contributed by atoms with E-state index in [1.165, 1.54) is 0 Å². The zero-order chi connectivity index (χ0) is 19.0. The van der Waals surface area contributed by atoms with Gasteiger partial charge in [0.25, 0.3) is 0 Å². The van der Waals surface area contributed by atoms with Crippen LogP contribution in [0.2, 0.25) is 0 Å². The van der Waals surface area contributed by atoms with Gasteiger partial charge >= 0.3 is 23.9 Å². The minimum Gasteiger partial charge on any atom is -0.748 e. The number of nitrogens with two attached hydrogens (primary N) is 1. The molecule has 1 saturated carbocycles. The standard InChI is InChI=1S/C11H15F6NO5S/c12-10(13,14)9(11(15,16)17,5-24(20,21)22)23-8(19)6-1-3-7(18)4-2-6/h6-7H,1-5,18H2,(H,20,21,22)/p-1. The van der Waals surface area contributed by atoms with Crippen LogP contribution in [-0.4, -0.2) is 48.7 Å². The maximum atomic E-state index is 13.0. The molecule has 0 bridgehead atoms. The number of hydrogen-bond acceptors (Lipinski definition) is 6. The number of halogens is 6. The molecule has 0 atom stereocenters. The van der Waals surface area contributed by atoms with Crippen LogP contribution in [0.15, 0.2) is 0 Å². The van der Waals surface area contributed by atoms with Crippen molar-refractivity contribution in [2.75, 3.05) is 5.75 Å². The number of esters is 1. The Balaban J connectivity index is 3.20. The molecule has 13 heteroatoms. The summed E-state index contributed by atoms with van der Waals surface area (Å²) < 4.78 is 113. The normalized spacial score (nSPS) is 23.8. The third-order valence-electron chi connectivity index (χ3n) is 3.68. The van der Waals surface area contributed by atoms with E-state index < -0.39 is 45.7 Å². The van der Waals surface area contributed by atoms with Gasteiger partial charge < -0.3 is 15.0 Å². The third kappa shape index (κ3) is 4.72. The van der Waals surface area contributed by atoms with Crippen molar-refractivity contribution in [2.45, 2.75) is 49.7 Å². The van der Waals surface area contributed by atoms with E-state index in [0.717, 1.165) is 0 Å². The summed E-state index contributed by atoms with van der Waals surface area (Å²) in [5, 5.41) is 0. The monoisotopic (exact) mass is 386 g/mol. The molecule has 0 aromatic rings. The zero-order valence-electron chi connectivity index (χ0n) is 12.0. The van der Waals surface area contributed by atoms with Crippen molar-refractivity contribution in [1.82, 2.24) is 0 Å². The summed E-state index contributed by atoms with van der Waals surface area (Å²) >= 11 is 0. The fourth-order valence-corrected chi connectivity index (χ4v) is 3.21. The van der Waals surface area contributed by atoms with E-state index in [-0.39, 0.29) is 31.7 Å². The molecular formula is C11H14F6NO5S-. The first kappa shape index (κ1) is 21.0. The van der Waals surface area contributed by atoms with Gasteiger partial charge in [-0.05, 0) is 25.7 Å². The lowest BCUT2D eigenvalue weighted by Crippen LogP contribution is -2.64. The average molecular weight is 386 g/mol. The number of rotatable bonds is 4. The molecule has 0 aromatic heterocycles. The van der Waals surface area contributed by atoms with Crippen molar-refractivity contribution in [3.8, 4) is 0 Å². The number of hydrogen-bond donors (Lipinski definition) is 1. The number of ether oxygens (including phenoxy) is 1. The third-order valence-corrected chi connectivity index (χ3v) is 4.44. The molecule has 0 radical (unpaired) electrons. The molecule has 0 saturated heterocycles. The Morgan fingerprint density at radius 2 is 1.46 bits per heavy atom. The zero-order valence-corrected chi connectivity index (χ0v) is 12.8. The van der Waals surface area contributed by atoms with Crippen molar-refractivity contribution < 1.29 is 48.8 Å². The molecule has 24 heavy (non-hydrogen) atoms. The van der Waals surface area contributed by atoms with E-state index in [1.807, 2.05) is 0 Å². The Morgan fingerprint density at radius 1 is 1.04 bits per heavy atom. The molecular weight excluding hydrogens is 372 g/mol. The molecule has 0 aliphatic heterocycles. The second-order valence-corrected chi connectivity index (χ2v) is 6.96. The predicted molar refractivity (Wildman–Crippen MR) is 65.4 cm³/mol. The summed E-state index contributed by atoms with van der Waals surface area (Å²) in [6, 6.07) is -0.342. The quantitative estimate of drug-likeness (QED) is 0.445. The summed E-state index contributed by atoms with van der Waals surface area (Å²) in [5.74, 6) is -6.13. The first-order chi connectivity index (χ1) is 10.6. The van der Waals surface area contributed by atoms with Gasteiger partial charge in [0.05, 0.1) is 21.8 Å². The molecule has 0 spiro atoms. The summed E-state index contributed by atoms with van der Waals surface area (Å²) in [7, 11) is -6.02. The number of carbonyl (C=O) groups is 1. The SMILES string of the molecule is NC1CCC(C(=O)OC(CS(=O)(=O)[O-])(C(F)(F)F)C(F)(F)F)CC1. The van der Waals surface area contributed by atoms with Gasteiger partial charge in [-0.25, -0.2) is 8.42 Å². The highest BCUT2D eigenvalue weighted by atomic mass is 32.2. The second-order valence-electron chi connectivity index (χ2n) is 5.56. The van der Waals surface area contributed by atoms with Crippen molar-refractivity contribution >= 4 is 16.1 Å². The smallest absolute Gasteiger partial charge is 0.438 e. The molecule has 0 aromatic carbocycles. The first-order valence-corrected chi connectivity index (χ1v) is 8.22. The van der Waals surface area contributed by atoms with E-state index in [4.69, 9.17) is 5.73 Å². The van der Waals surface area contributed by atoms with E-state index in [1.54, 1.807) is 0 Å². The minimum atomic E-state index is -6.34. The Morgan fingerprint density at radius 3 is 1.79 bits per heavy atom. The van der Waals surface area contributed by atoms with Crippen LogP contribution in [0.3, 0.4) is 0 Å². The van der Waals surface area contributed by atoms with Crippen LogP contribution < -0.4 is 5.73 Å². The van der Waals surface area contributed by atoms with Gasteiger partial charge in [0.2, 0.25) is 0 Å². The molecule has 0 unspecified atom stereocenters. The van der Waals surface area contributed by atoms with Gasteiger partial charge in [-0.2, -0.15) is 26.3 Å². The predicted octanol–water partition coefficient (Wildman–Crippen LogP) is 1.46. The summed E-state index contributed by atoms with van der Waals surface area (Å²) in [5.41, 5.74) is 0.108. The van der Waals surface area contributed by atoms with Gasteiger partial charge in [-0.1, -0.05) is 0 Å². The van der Waals surface area contributed by atoms with Crippen LogP contribution >= 0.6 is 0 Å². The van der Waals surface area contributed by atoms with Crippen molar-refractivity contribution in [1.29, 1.82) is 0 Å². The molecule has 6 nitrogen and oxygen atoms in total. The lowest BCUT2D eigenvalue weighted by Gasteiger charge is -2.38. The van der Waals surface area contributed by atoms with Crippen molar-refractivity contribution in [3.05, 3.63) is 0 Å². The fourth-order valence-electron chi connectivity index (χ4n) is 2.33. The highest BCUT2D eigenvalue weighted by molar-refractivity contribution is 7.85. The Kier molecular flexibility index (Phi) is 5.83. The Labute approximate surface area is 133 Å². The lowest BCUT2D eigenvalue weighted by molar-refractivity contribution is -0.362. The van der Waals surface area contributed by atoms with E-state index in [2.05, 4.69) is 4.74 Å². The highest BCUT2D eigenvalue weighted by Gasteiger charge is 2.75. The largest absolute Gasteiger partial charge is 0.748 e. The van der Waals surface area contributed by atoms with Gasteiger partial charge in [0, 0.05) is 6.04 Å². The average Bonchev–Trinajstić information content (AvgIpc) is 2.34. The molecule has 142 valence electrons. The van der Waals surface area contributed by atoms with Crippen LogP contribution in [0, 0.1) is 5.92 Å². The summed E-state index contributed by atoms with van der Waals surface area (Å²) in [6.45, 7) is 0. The van der Waals surface area contributed by atoms with Crippen LogP contribution in [0.5, 0.6) is 0 Å². The maximum absolute atomic E-state index is 13.0. The lowest BCUT2D eigenvalue weighted by atomic mass is 9.86. The summed E-state index contributed by atoms with van der Waals surface area (Å²) in [4.78, 5) is 11.7. The number of alkyl halides is 6. The van der Waals surface area contributed by atoms with Crippen LogP contribution in [0.4, 0.5) is 26.3 Å². The summed E-state index contributed by atoms with van der Waals surface area (Å²) in [6.07, 6.45) is -12.5. The van der Waals surface area contributed by atoms with Crippen LogP contribution in [-0.2, 0) is 19.6 Å². The van der Waals surface area contributed by atoms with Gasteiger partial charge in [-0.3, -0.25) is 4.79 Å². The van der Waals surface area contributed by atoms with Gasteiger partial charge in [-0.15, -0.1) is 0 Å². The van der Waals surface area contributed by atoms with Crippen molar-refractivity contribution in [2.24, 2.45) is 11.7 Å². The van der Waals surface area contributed by atoms with E-state index >= 15 is 0 Å². The maximum Gasteiger partial charge on any atom is 0.438 e. The van der Waals surface area contributed by atoms with E-state index in [0.29, 0.717) is 0 Å². The highest BCUT2D eigenvalue weighted by Crippen LogP contribution is 2.47. The molecule has 1 rings (SSSR count). The molecule has 0 amide bonds. The molecule has 1 aliphatic carbocycles. The van der Waals surface area contributed by atoms with Crippen LogP contribution in [0.25, 0.3) is 0 Å². The second kappa shape index (κ2) is 6.67. The first-order valence-electron chi connectivity index (χ1n) is 6.64. The molecule has 1 fully saturated rings. The molecule has 1 aliphatic rings. The van der Waals surface area contributed by atoms with E-state index in [9.17, 15) is 44.1 Å². The van der Waals surface area contributed by atoms with Gasteiger partial charge in [0.15, 0.2) is 0 Å². The van der Waals surface area contributed by atoms with Crippen molar-refractivity contribution in [3.63, 3.8) is 0 Å². The topological polar surface area (TPSA) is 110 Å². The minimum absolute atomic E-state index is 0.101. The Hall–Kier alpha value is -1.08. The Bertz CT molecular complexity index is 550. The fraction of sp³-hybridized carbons (Fsp3) is 0.909. The molecule has 2 N–H and O–H groups in total. The number of carbonyl (C=O) groups excluding carboxylic acids is 1. The molecule has 0 heterocycles. The van der Waals surface area contributed by atoms with Gasteiger partial charge in [0.1, 0.15) is 0 Å².